The largest absolute Gasteiger partial charge is 0.492 e. The number of anilines is 2. The second-order valence-corrected chi connectivity index (χ2v) is 37.7. The lowest BCUT2D eigenvalue weighted by Gasteiger charge is -2.27. The first-order valence-electron chi connectivity index (χ1n) is 45.1. The van der Waals surface area contributed by atoms with Gasteiger partial charge in [-0.1, -0.05) is 92.8 Å². The molecule has 8 aromatic rings. The van der Waals surface area contributed by atoms with Gasteiger partial charge in [0, 0.05) is 105 Å². The van der Waals surface area contributed by atoms with Crippen molar-refractivity contribution in [3.05, 3.63) is 226 Å². The lowest BCUT2D eigenvalue weighted by molar-refractivity contribution is -0.138. The van der Waals surface area contributed by atoms with Gasteiger partial charge in [0.1, 0.15) is 73.6 Å². The zero-order valence-corrected chi connectivity index (χ0v) is 88.4. The van der Waals surface area contributed by atoms with Crippen molar-refractivity contribution in [2.75, 3.05) is 204 Å². The van der Waals surface area contributed by atoms with Crippen LogP contribution in [0.3, 0.4) is 0 Å². The summed E-state index contributed by atoms with van der Waals surface area (Å²) in [5.41, 5.74) is -1.57. The second-order valence-electron chi connectivity index (χ2n) is 34.5. The number of likely N-dealkylation sites (N-methyl/N-ethyl adjacent to an activating group) is 2. The van der Waals surface area contributed by atoms with Crippen molar-refractivity contribution in [2.24, 2.45) is 0 Å². The number of benzene rings is 8. The summed E-state index contributed by atoms with van der Waals surface area (Å²) in [5.74, 6) is 2.42. The summed E-state index contributed by atoms with van der Waals surface area (Å²) < 4.78 is 341. The van der Waals surface area contributed by atoms with Crippen molar-refractivity contribution in [1.29, 1.82) is 0 Å². The van der Waals surface area contributed by atoms with E-state index in [1.165, 1.54) is 61.4 Å². The normalized spacial score (nSPS) is 14.7. The van der Waals surface area contributed by atoms with Crippen molar-refractivity contribution >= 4 is 104 Å². The number of nitrogens with zero attached hydrogens (tertiary/aromatic N) is 6. The Balaban J connectivity index is 0.000000294. The van der Waals surface area contributed by atoms with Crippen LogP contribution in [0.15, 0.2) is 97.1 Å². The van der Waals surface area contributed by atoms with Crippen LogP contribution in [0.5, 0.6) is 34.5 Å². The molecule has 820 valence electrons. The van der Waals surface area contributed by atoms with Crippen LogP contribution in [0.1, 0.15) is 115 Å². The number of likely N-dealkylation sites (tertiary alicyclic amines) is 1. The van der Waals surface area contributed by atoms with Crippen LogP contribution in [0.4, 0.5) is 117 Å². The molecule has 0 spiro atoms. The summed E-state index contributed by atoms with van der Waals surface area (Å²) in [6, 6.07) is 18.3. The van der Waals surface area contributed by atoms with E-state index in [0.717, 1.165) is 140 Å². The van der Waals surface area contributed by atoms with E-state index in [1.807, 2.05) is 38.0 Å². The summed E-state index contributed by atoms with van der Waals surface area (Å²) in [7, 11) is 12.7. The van der Waals surface area contributed by atoms with E-state index in [1.54, 1.807) is 81.4 Å². The third-order valence-corrected chi connectivity index (χ3v) is 24.6. The first kappa shape index (κ1) is 129. The van der Waals surface area contributed by atoms with Crippen LogP contribution in [0, 0.1) is 55.4 Å². The zero-order valence-electron chi connectivity index (χ0n) is 82.3. The first-order chi connectivity index (χ1) is 67.5. The third-order valence-electron chi connectivity index (χ3n) is 22.1. The average molecular weight is 2270 g/mol. The molecular formula is C98H117Cl8F24N9O7. The van der Waals surface area contributed by atoms with E-state index >= 15 is 0 Å². The molecule has 0 atom stereocenters. The Bertz CT molecular complexity index is 5250. The number of aryl methyl sites for hydroxylation is 8. The molecule has 12 rings (SSSR count). The van der Waals surface area contributed by atoms with Gasteiger partial charge in [-0.2, -0.15) is 105 Å². The van der Waals surface area contributed by atoms with Gasteiger partial charge in [-0.05, 0) is 277 Å². The number of nitrogens with one attached hydrogen (secondary N) is 3. The van der Waals surface area contributed by atoms with Crippen LogP contribution in [0.25, 0.3) is 0 Å². The van der Waals surface area contributed by atoms with Crippen molar-refractivity contribution in [2.45, 2.75) is 137 Å². The molecular weight excluding hydrogens is 2150 g/mol. The van der Waals surface area contributed by atoms with Crippen molar-refractivity contribution in [3.63, 3.8) is 0 Å². The van der Waals surface area contributed by atoms with Gasteiger partial charge in [-0.3, -0.25) is 14.7 Å². The van der Waals surface area contributed by atoms with E-state index < -0.39 is 93.9 Å². The van der Waals surface area contributed by atoms with Crippen molar-refractivity contribution < 1.29 is 139 Å². The minimum absolute atomic E-state index is 0.0350. The van der Waals surface area contributed by atoms with E-state index in [9.17, 15) is 105 Å². The molecule has 0 aromatic heterocycles. The fourth-order valence-electron chi connectivity index (χ4n) is 14.1. The van der Waals surface area contributed by atoms with Gasteiger partial charge in [0.05, 0.1) is 97.9 Å². The van der Waals surface area contributed by atoms with Crippen LogP contribution in [-0.2, 0) is 54.1 Å². The molecule has 146 heavy (non-hydrogen) atoms. The molecule has 4 heterocycles. The Morgan fingerprint density at radius 1 is 0.308 bits per heavy atom. The van der Waals surface area contributed by atoms with Gasteiger partial charge in [-0.25, -0.2) is 0 Å². The molecule has 0 radical (unpaired) electrons. The van der Waals surface area contributed by atoms with Gasteiger partial charge in [0.15, 0.2) is 0 Å². The molecule has 4 aliphatic rings. The topological polar surface area (TPSA) is 120 Å². The van der Waals surface area contributed by atoms with Gasteiger partial charge < -0.3 is 63.8 Å². The molecule has 4 aliphatic heterocycles. The number of piperidine rings is 1. The molecule has 8 aromatic carbocycles. The molecule has 0 amide bonds. The molecule has 3 N–H and O–H groups in total. The SMILES string of the molecule is CNc1cc(Cl)c(C(F)(F)F)cc1C.Cc1cc(C(F)(F)F)c(Cl)cc1N(C)C.Cc1cc(C(F)(F)F)c(Cl)cc1OC1CCNCC1.Cc1cc(C(F)(F)F)c(Cl)cc1OCCN(C)C.Cc1cc(C(F)(F)F)c(Cl)cc1OCCN(C)C.Cc1cc(C(F)(F)F)c(Cl)cc1OCCN1CCCC1.Cc1cc(C(F)(F)F)c(Cl)cc1OCCN1CCNCC1.Cc1cc(C(F)(F)F)c(Cl)cc1OCCN1CCOCC1. The molecule has 4 saturated heterocycles. The van der Waals surface area contributed by atoms with E-state index in [2.05, 4.69) is 30.7 Å². The summed E-state index contributed by atoms with van der Waals surface area (Å²) in [6.07, 6.45) is -31.3. The highest BCUT2D eigenvalue weighted by molar-refractivity contribution is 6.34. The minimum Gasteiger partial charge on any atom is -0.492 e. The average Bonchev–Trinajstić information content (AvgIpc) is 0.909. The zero-order chi connectivity index (χ0) is 110. The summed E-state index contributed by atoms with van der Waals surface area (Å²) in [6.45, 7) is 29.2. The maximum absolute atomic E-state index is 12.7. The molecule has 16 nitrogen and oxygen atoms in total. The monoisotopic (exact) mass is 2270 g/mol. The number of morpholine rings is 1. The summed E-state index contributed by atoms with van der Waals surface area (Å²) in [5, 5.41) is 6.68. The lowest BCUT2D eigenvalue weighted by atomic mass is 10.1. The van der Waals surface area contributed by atoms with Crippen LogP contribution >= 0.6 is 92.8 Å². The summed E-state index contributed by atoms with van der Waals surface area (Å²) in [4.78, 5) is 12.3. The Hall–Kier alpha value is -7.52. The minimum atomic E-state index is -4.45. The van der Waals surface area contributed by atoms with Gasteiger partial charge >= 0.3 is 49.4 Å². The number of hydrogen-bond acceptors (Lipinski definition) is 16. The van der Waals surface area contributed by atoms with Crippen LogP contribution in [-0.4, -0.2) is 224 Å². The highest BCUT2D eigenvalue weighted by atomic mass is 35.5. The fourth-order valence-corrected chi connectivity index (χ4v) is 16.2. The van der Waals surface area contributed by atoms with E-state index in [4.69, 9.17) is 126 Å². The van der Waals surface area contributed by atoms with Gasteiger partial charge in [-0.15, -0.1) is 0 Å². The van der Waals surface area contributed by atoms with E-state index in [0.29, 0.717) is 156 Å². The lowest BCUT2D eigenvalue weighted by Crippen LogP contribution is -2.44. The summed E-state index contributed by atoms with van der Waals surface area (Å²) >= 11 is 45.1. The van der Waals surface area contributed by atoms with Gasteiger partial charge in [0.25, 0.3) is 0 Å². The standard InChI is InChI=1S/C14H18ClF3N2O.C14H17ClF3NO2.C14H17ClF3NO.C13H15ClF3NO.2C12H15ClF3NO.C10H11ClF3N.C9H9ClF3N/c1-10-8-11(14(16,17)18)12(15)9-13(10)21-7-6-20-4-2-19-3-5-20;1-10-8-11(14(16,17)18)12(15)9-13(10)21-7-4-19-2-5-20-6-3-19;1-10-8-11(14(16,17)18)12(15)9-13(10)20-7-6-19-4-2-3-5-19;1-8-6-10(13(15,16)17)11(14)7-12(8)19-9-2-4-18-5-3-9;2*1-8-6-9(12(14,15)16)10(13)7-11(8)18-5-4-17(2)3;1-6-4-7(10(12,13)14)8(11)5-9(6)15(2)3;1-5-3-6(9(11,12)13)7(10)4-8(5)14-2/h8-9,19H,2-7H2,1H3;8-9H,2-7H2,1H3;8-9H,2-7H2,1H3;6-7,9,18H,2-5H2,1H3;2*6-7H,4-5H2,1-3H3;4-5H,1-3H3;3-4,14H,1-2H3. The maximum atomic E-state index is 12.7. The Morgan fingerprint density at radius 3 is 0.829 bits per heavy atom. The smallest absolute Gasteiger partial charge is 0.417 e. The number of halogens is 32. The number of hydrogen-bond donors (Lipinski definition) is 3. The number of piperazine rings is 1. The molecule has 4 fully saturated rings. The fraction of sp³-hybridized carbons (Fsp3) is 0.510. The molecule has 0 aliphatic carbocycles. The highest BCUT2D eigenvalue weighted by Crippen LogP contribution is 2.47. The van der Waals surface area contributed by atoms with Crippen molar-refractivity contribution in [1.82, 2.24) is 35.1 Å². The van der Waals surface area contributed by atoms with Crippen LogP contribution < -0.4 is 49.3 Å². The molecule has 0 unspecified atom stereocenters. The Morgan fingerprint density at radius 2 is 0.548 bits per heavy atom. The maximum Gasteiger partial charge on any atom is 0.417 e. The molecule has 0 saturated carbocycles. The Kier molecular flexibility index (Phi) is 51.5. The predicted octanol–water partition coefficient (Wildman–Crippen LogP) is 28.9. The van der Waals surface area contributed by atoms with Crippen LogP contribution in [0.2, 0.25) is 40.2 Å². The number of rotatable bonds is 24. The molecule has 0 bridgehead atoms. The second kappa shape index (κ2) is 58.4. The van der Waals surface area contributed by atoms with Gasteiger partial charge in [0.2, 0.25) is 0 Å². The van der Waals surface area contributed by atoms with E-state index in [-0.39, 0.29) is 46.3 Å². The van der Waals surface area contributed by atoms with Crippen molar-refractivity contribution in [3.8, 4) is 34.5 Å². The Labute approximate surface area is 873 Å². The molecule has 48 heteroatoms. The number of alkyl halides is 24. The third kappa shape index (κ3) is 43.7. The quantitative estimate of drug-likeness (QED) is 0.0497. The highest BCUT2D eigenvalue weighted by Gasteiger charge is 2.41. The first-order valence-corrected chi connectivity index (χ1v) is 48.2. The number of ether oxygens (including phenoxy) is 7. The predicted molar refractivity (Wildman–Crippen MR) is 527 cm³/mol.